The maximum Gasteiger partial charge on any atom is 0.234 e. The fourth-order valence-electron chi connectivity index (χ4n) is 2.84. The van der Waals surface area contributed by atoms with Crippen molar-refractivity contribution in [2.75, 3.05) is 19.6 Å². The molecule has 5 nitrogen and oxygen atoms in total. The number of hydrogen-bond donors (Lipinski definition) is 1. The van der Waals surface area contributed by atoms with Crippen LogP contribution < -0.4 is 5.73 Å². The molecule has 0 saturated heterocycles. The number of aromatic nitrogens is 2. The minimum absolute atomic E-state index is 0.125. The normalized spacial score (nSPS) is 27.3. The highest BCUT2D eigenvalue weighted by Gasteiger charge is 2.42. The fourth-order valence-corrected chi connectivity index (χ4v) is 2.84. The van der Waals surface area contributed by atoms with E-state index in [1.807, 2.05) is 0 Å². The zero-order chi connectivity index (χ0) is 13.9. The second kappa shape index (κ2) is 6.01. The van der Waals surface area contributed by atoms with Crippen LogP contribution in [0.15, 0.2) is 4.52 Å². The maximum atomic E-state index is 6.18. The van der Waals surface area contributed by atoms with E-state index in [1.165, 1.54) is 0 Å². The SMILES string of the molecule is CCN(CC)CCc1noc(C2(C)CCCC2N)n1. The third kappa shape index (κ3) is 2.98. The van der Waals surface area contributed by atoms with Crippen molar-refractivity contribution in [1.82, 2.24) is 15.0 Å². The van der Waals surface area contributed by atoms with Crippen LogP contribution in [0, 0.1) is 0 Å². The molecule has 2 atom stereocenters. The van der Waals surface area contributed by atoms with Crippen molar-refractivity contribution in [2.24, 2.45) is 5.73 Å². The average molecular weight is 266 g/mol. The maximum absolute atomic E-state index is 6.18. The van der Waals surface area contributed by atoms with Crippen LogP contribution in [0.1, 0.15) is 51.7 Å². The van der Waals surface area contributed by atoms with Gasteiger partial charge in [-0.3, -0.25) is 0 Å². The van der Waals surface area contributed by atoms with Crippen molar-refractivity contribution in [2.45, 2.75) is 57.9 Å². The Hall–Kier alpha value is -0.940. The molecule has 108 valence electrons. The number of nitrogens with two attached hydrogens (primary N) is 1. The van der Waals surface area contributed by atoms with E-state index in [-0.39, 0.29) is 11.5 Å². The monoisotopic (exact) mass is 266 g/mol. The Labute approximate surface area is 115 Å². The Kier molecular flexibility index (Phi) is 4.58. The van der Waals surface area contributed by atoms with Gasteiger partial charge < -0.3 is 15.2 Å². The minimum atomic E-state index is -0.125. The molecule has 2 rings (SSSR count). The molecule has 1 aromatic heterocycles. The highest BCUT2D eigenvalue weighted by molar-refractivity contribution is 5.11. The second-order valence-electron chi connectivity index (χ2n) is 5.71. The van der Waals surface area contributed by atoms with Gasteiger partial charge in [0.1, 0.15) is 0 Å². The first-order chi connectivity index (χ1) is 9.10. The third-order valence-corrected chi connectivity index (χ3v) is 4.53. The lowest BCUT2D eigenvalue weighted by Crippen LogP contribution is -2.38. The minimum Gasteiger partial charge on any atom is -0.339 e. The summed E-state index contributed by atoms with van der Waals surface area (Å²) in [5.41, 5.74) is 6.06. The second-order valence-corrected chi connectivity index (χ2v) is 5.71. The van der Waals surface area contributed by atoms with E-state index in [1.54, 1.807) is 0 Å². The summed E-state index contributed by atoms with van der Waals surface area (Å²) in [4.78, 5) is 6.93. The van der Waals surface area contributed by atoms with Gasteiger partial charge in [0.25, 0.3) is 0 Å². The summed E-state index contributed by atoms with van der Waals surface area (Å²) < 4.78 is 5.46. The lowest BCUT2D eigenvalue weighted by Gasteiger charge is -2.23. The van der Waals surface area contributed by atoms with Gasteiger partial charge in [0.15, 0.2) is 5.82 Å². The summed E-state index contributed by atoms with van der Waals surface area (Å²) in [7, 11) is 0. The molecule has 0 bridgehead atoms. The Morgan fingerprint density at radius 1 is 1.42 bits per heavy atom. The molecule has 1 saturated carbocycles. The third-order valence-electron chi connectivity index (χ3n) is 4.53. The van der Waals surface area contributed by atoms with Crippen molar-refractivity contribution < 1.29 is 4.52 Å². The van der Waals surface area contributed by atoms with Gasteiger partial charge in [-0.1, -0.05) is 25.4 Å². The molecule has 0 amide bonds. The Bertz CT molecular complexity index is 402. The summed E-state index contributed by atoms with van der Waals surface area (Å²) in [6.07, 6.45) is 4.09. The first kappa shape index (κ1) is 14.5. The van der Waals surface area contributed by atoms with Gasteiger partial charge in [-0.15, -0.1) is 0 Å². The summed E-state index contributed by atoms with van der Waals surface area (Å²) in [6, 6.07) is 0.142. The summed E-state index contributed by atoms with van der Waals surface area (Å²) in [6.45, 7) is 9.59. The van der Waals surface area contributed by atoms with Crippen molar-refractivity contribution in [1.29, 1.82) is 0 Å². The van der Waals surface area contributed by atoms with E-state index in [0.717, 1.165) is 57.0 Å². The van der Waals surface area contributed by atoms with Gasteiger partial charge in [0.2, 0.25) is 5.89 Å². The van der Waals surface area contributed by atoms with Crippen LogP contribution in [0.5, 0.6) is 0 Å². The van der Waals surface area contributed by atoms with Gasteiger partial charge in [-0.05, 0) is 32.9 Å². The van der Waals surface area contributed by atoms with Crippen LogP contribution in [0.3, 0.4) is 0 Å². The van der Waals surface area contributed by atoms with Crippen molar-refractivity contribution in [3.63, 3.8) is 0 Å². The molecular formula is C14H26N4O. The van der Waals surface area contributed by atoms with Gasteiger partial charge in [0.05, 0.1) is 5.41 Å². The summed E-state index contributed by atoms with van der Waals surface area (Å²) in [5, 5.41) is 4.11. The predicted molar refractivity (Wildman–Crippen MR) is 75.0 cm³/mol. The molecule has 19 heavy (non-hydrogen) atoms. The molecule has 5 heteroatoms. The van der Waals surface area contributed by atoms with Crippen molar-refractivity contribution in [3.8, 4) is 0 Å². The molecule has 1 aliphatic carbocycles. The number of likely N-dealkylation sites (N-methyl/N-ethyl adjacent to an activating group) is 1. The Morgan fingerprint density at radius 2 is 2.16 bits per heavy atom. The smallest absolute Gasteiger partial charge is 0.234 e. The van der Waals surface area contributed by atoms with E-state index in [9.17, 15) is 0 Å². The topological polar surface area (TPSA) is 68.2 Å². The average Bonchev–Trinajstić information content (AvgIpc) is 3.00. The lowest BCUT2D eigenvalue weighted by atomic mass is 9.85. The van der Waals surface area contributed by atoms with E-state index in [0.29, 0.717) is 0 Å². The van der Waals surface area contributed by atoms with Crippen LogP contribution in [-0.2, 0) is 11.8 Å². The summed E-state index contributed by atoms with van der Waals surface area (Å²) >= 11 is 0. The number of rotatable bonds is 6. The fraction of sp³-hybridized carbons (Fsp3) is 0.857. The first-order valence-electron chi connectivity index (χ1n) is 7.41. The number of hydrogen-bond acceptors (Lipinski definition) is 5. The van der Waals surface area contributed by atoms with Gasteiger partial charge >= 0.3 is 0 Å². The molecule has 0 radical (unpaired) electrons. The predicted octanol–water partition coefficient (Wildman–Crippen LogP) is 1.72. The molecule has 1 heterocycles. The standard InChI is InChI=1S/C14H26N4O/c1-4-18(5-2)10-8-12-16-13(19-17-12)14(3)9-6-7-11(14)15/h11H,4-10,15H2,1-3H3. The zero-order valence-electron chi connectivity index (χ0n) is 12.4. The highest BCUT2D eigenvalue weighted by atomic mass is 16.5. The van der Waals surface area contributed by atoms with Crippen molar-refractivity contribution in [3.05, 3.63) is 11.7 Å². The Balaban J connectivity index is 1.99. The molecule has 1 fully saturated rings. The van der Waals surface area contributed by atoms with Crippen molar-refractivity contribution >= 4 is 0 Å². The van der Waals surface area contributed by atoms with Gasteiger partial charge in [-0.25, -0.2) is 0 Å². The molecule has 0 aliphatic heterocycles. The molecule has 1 aromatic rings. The van der Waals surface area contributed by atoms with E-state index >= 15 is 0 Å². The van der Waals surface area contributed by atoms with E-state index in [2.05, 4.69) is 35.8 Å². The molecular weight excluding hydrogens is 240 g/mol. The molecule has 2 unspecified atom stereocenters. The molecule has 1 aliphatic rings. The Morgan fingerprint density at radius 3 is 2.74 bits per heavy atom. The zero-order valence-corrected chi connectivity index (χ0v) is 12.4. The molecule has 0 aromatic carbocycles. The van der Waals surface area contributed by atoms with Gasteiger partial charge in [0, 0.05) is 19.0 Å². The first-order valence-corrected chi connectivity index (χ1v) is 7.41. The van der Waals surface area contributed by atoms with Crippen LogP contribution in [0.4, 0.5) is 0 Å². The quantitative estimate of drug-likeness (QED) is 0.849. The lowest BCUT2D eigenvalue weighted by molar-refractivity contribution is 0.274. The van der Waals surface area contributed by atoms with E-state index < -0.39 is 0 Å². The summed E-state index contributed by atoms with van der Waals surface area (Å²) in [5.74, 6) is 1.54. The molecule has 2 N–H and O–H groups in total. The van der Waals surface area contributed by atoms with Crippen LogP contribution in [0.25, 0.3) is 0 Å². The molecule has 0 spiro atoms. The van der Waals surface area contributed by atoms with Gasteiger partial charge in [-0.2, -0.15) is 4.98 Å². The van der Waals surface area contributed by atoms with E-state index in [4.69, 9.17) is 10.3 Å². The highest BCUT2D eigenvalue weighted by Crippen LogP contribution is 2.38. The van der Waals surface area contributed by atoms with Crippen LogP contribution in [0.2, 0.25) is 0 Å². The largest absolute Gasteiger partial charge is 0.339 e. The van der Waals surface area contributed by atoms with Crippen LogP contribution >= 0.6 is 0 Å². The number of nitrogens with zero attached hydrogens (tertiary/aromatic N) is 3. The van der Waals surface area contributed by atoms with Crippen LogP contribution in [-0.4, -0.2) is 40.7 Å².